The fourth-order valence-corrected chi connectivity index (χ4v) is 6.75. The van der Waals surface area contributed by atoms with Crippen molar-refractivity contribution >= 4 is 26.9 Å². The number of rotatable bonds is 8. The zero-order chi connectivity index (χ0) is 25.2. The first-order valence-electron chi connectivity index (χ1n) is 11.9. The second kappa shape index (κ2) is 9.95. The van der Waals surface area contributed by atoms with Crippen LogP contribution in [0.15, 0.2) is 59.5 Å². The molecule has 35 heavy (non-hydrogen) atoms. The van der Waals surface area contributed by atoms with Crippen molar-refractivity contribution in [1.29, 1.82) is 0 Å². The SMILES string of the molecule is CC[C@]1(C(=O)OC)CCC[C@H]1N(C)S(=O)(=O)c1ccc(OCc2cc(C)nc3ccccc23)cc1. The number of ether oxygens (including phenoxy) is 2. The van der Waals surface area contributed by atoms with Gasteiger partial charge in [-0.05, 0) is 62.6 Å². The third kappa shape index (κ3) is 4.65. The minimum absolute atomic E-state index is 0.166. The molecule has 0 unspecified atom stereocenters. The van der Waals surface area contributed by atoms with E-state index in [4.69, 9.17) is 9.47 Å². The van der Waals surface area contributed by atoms with Crippen LogP contribution in [0, 0.1) is 12.3 Å². The number of nitrogens with zero attached hydrogens (tertiary/aromatic N) is 2. The lowest BCUT2D eigenvalue weighted by Crippen LogP contribution is -2.49. The van der Waals surface area contributed by atoms with Gasteiger partial charge in [-0.25, -0.2) is 8.42 Å². The van der Waals surface area contributed by atoms with Gasteiger partial charge in [-0.2, -0.15) is 4.31 Å². The number of pyridine rings is 1. The quantitative estimate of drug-likeness (QED) is 0.414. The summed E-state index contributed by atoms with van der Waals surface area (Å²) in [5, 5.41) is 1.03. The molecule has 1 aromatic heterocycles. The highest BCUT2D eigenvalue weighted by atomic mass is 32.2. The number of methoxy groups -OCH3 is 1. The van der Waals surface area contributed by atoms with E-state index in [1.807, 2.05) is 44.2 Å². The molecule has 1 aliphatic carbocycles. The van der Waals surface area contributed by atoms with Gasteiger partial charge in [0.15, 0.2) is 0 Å². The van der Waals surface area contributed by atoms with E-state index >= 15 is 0 Å². The zero-order valence-electron chi connectivity index (χ0n) is 20.7. The Hall–Kier alpha value is -2.97. The van der Waals surface area contributed by atoms with Gasteiger partial charge in [-0.3, -0.25) is 9.78 Å². The second-order valence-corrected chi connectivity index (χ2v) is 11.1. The Bertz CT molecular complexity index is 1320. The van der Waals surface area contributed by atoms with Gasteiger partial charge in [-0.1, -0.05) is 31.5 Å². The van der Waals surface area contributed by atoms with Crippen LogP contribution < -0.4 is 4.74 Å². The fraction of sp³-hybridized carbons (Fsp3) is 0.407. The fourth-order valence-electron chi connectivity index (χ4n) is 5.30. The summed E-state index contributed by atoms with van der Waals surface area (Å²) in [6, 6.07) is 15.9. The number of aromatic nitrogens is 1. The van der Waals surface area contributed by atoms with Gasteiger partial charge < -0.3 is 9.47 Å². The molecule has 0 N–H and O–H groups in total. The van der Waals surface area contributed by atoms with Crippen molar-refractivity contribution in [3.05, 3.63) is 65.9 Å². The maximum Gasteiger partial charge on any atom is 0.313 e. The Morgan fingerprint density at radius 3 is 2.57 bits per heavy atom. The summed E-state index contributed by atoms with van der Waals surface area (Å²) >= 11 is 0. The molecule has 3 aromatic rings. The van der Waals surface area contributed by atoms with Crippen LogP contribution >= 0.6 is 0 Å². The third-order valence-electron chi connectivity index (χ3n) is 7.23. The molecule has 0 spiro atoms. The van der Waals surface area contributed by atoms with E-state index in [0.717, 1.165) is 28.6 Å². The Morgan fingerprint density at radius 2 is 1.89 bits per heavy atom. The molecule has 1 aliphatic rings. The van der Waals surface area contributed by atoms with Gasteiger partial charge >= 0.3 is 5.97 Å². The van der Waals surface area contributed by atoms with Crippen molar-refractivity contribution in [1.82, 2.24) is 9.29 Å². The number of fused-ring (bicyclic) bond motifs is 1. The first-order valence-corrected chi connectivity index (χ1v) is 13.3. The molecule has 1 fully saturated rings. The number of hydrogen-bond donors (Lipinski definition) is 0. The first-order chi connectivity index (χ1) is 16.7. The van der Waals surface area contributed by atoms with Crippen LogP contribution in [0.1, 0.15) is 43.9 Å². The number of sulfonamides is 1. The Kier molecular flexibility index (Phi) is 7.15. The van der Waals surface area contributed by atoms with Crippen molar-refractivity contribution in [2.24, 2.45) is 5.41 Å². The van der Waals surface area contributed by atoms with Crippen LogP contribution in [0.5, 0.6) is 5.75 Å². The van der Waals surface area contributed by atoms with Crippen LogP contribution in [0.4, 0.5) is 0 Å². The maximum atomic E-state index is 13.4. The van der Waals surface area contributed by atoms with Gasteiger partial charge in [0.05, 0.1) is 22.9 Å². The van der Waals surface area contributed by atoms with E-state index in [2.05, 4.69) is 4.98 Å². The average molecular weight is 497 g/mol. The van der Waals surface area contributed by atoms with Gasteiger partial charge in [0.2, 0.25) is 10.0 Å². The number of carbonyl (C=O) groups excluding carboxylic acids is 1. The van der Waals surface area contributed by atoms with Gasteiger partial charge in [0, 0.05) is 29.7 Å². The number of para-hydroxylation sites is 1. The summed E-state index contributed by atoms with van der Waals surface area (Å²) in [5.41, 5.74) is 2.03. The highest BCUT2D eigenvalue weighted by molar-refractivity contribution is 7.89. The molecular weight excluding hydrogens is 464 g/mol. The lowest BCUT2D eigenvalue weighted by molar-refractivity contribution is -0.155. The second-order valence-electron chi connectivity index (χ2n) is 9.13. The van der Waals surface area contributed by atoms with Gasteiger partial charge in [-0.15, -0.1) is 0 Å². The number of benzene rings is 2. The van der Waals surface area contributed by atoms with E-state index in [1.54, 1.807) is 31.3 Å². The van der Waals surface area contributed by atoms with E-state index in [9.17, 15) is 13.2 Å². The van der Waals surface area contributed by atoms with Gasteiger partial charge in [0.25, 0.3) is 0 Å². The predicted molar refractivity (Wildman–Crippen MR) is 135 cm³/mol. The molecule has 0 bridgehead atoms. The van der Waals surface area contributed by atoms with E-state index in [0.29, 0.717) is 31.6 Å². The highest BCUT2D eigenvalue weighted by Crippen LogP contribution is 2.46. The summed E-state index contributed by atoms with van der Waals surface area (Å²) in [6.45, 7) is 4.20. The molecule has 1 saturated carbocycles. The molecule has 0 aliphatic heterocycles. The standard InChI is InChI=1S/C27H32N2O5S/c1-5-27(26(30)33-4)16-8-11-25(27)29(3)35(31,32)22-14-12-21(13-15-22)34-18-20-17-19(2)28-24-10-7-6-9-23(20)24/h6-7,9-10,12-15,17,25H,5,8,11,16,18H2,1-4H3/t25-,27+/m1/s1. The molecular formula is C27H32N2O5S. The van der Waals surface area contributed by atoms with Crippen LogP contribution in [0.25, 0.3) is 10.9 Å². The molecule has 1 heterocycles. The largest absolute Gasteiger partial charge is 0.489 e. The van der Waals surface area contributed by atoms with Crippen LogP contribution in [-0.4, -0.2) is 43.9 Å². The minimum Gasteiger partial charge on any atom is -0.489 e. The molecule has 0 amide bonds. The van der Waals surface area contributed by atoms with Crippen molar-refractivity contribution < 1.29 is 22.7 Å². The van der Waals surface area contributed by atoms with Crippen molar-refractivity contribution in [3.8, 4) is 5.75 Å². The minimum atomic E-state index is -3.80. The summed E-state index contributed by atoms with van der Waals surface area (Å²) in [7, 11) is -0.887. The highest BCUT2D eigenvalue weighted by Gasteiger charge is 2.52. The summed E-state index contributed by atoms with van der Waals surface area (Å²) in [5.74, 6) is 0.232. The molecule has 2 atom stereocenters. The molecule has 4 rings (SSSR count). The molecule has 0 radical (unpaired) electrons. The number of carbonyl (C=O) groups is 1. The van der Waals surface area contributed by atoms with E-state index in [1.165, 1.54) is 11.4 Å². The molecule has 0 saturated heterocycles. The van der Waals surface area contributed by atoms with Gasteiger partial charge in [0.1, 0.15) is 12.4 Å². The number of aryl methyl sites for hydroxylation is 1. The number of hydrogen-bond acceptors (Lipinski definition) is 6. The first kappa shape index (κ1) is 25.1. The third-order valence-corrected chi connectivity index (χ3v) is 9.11. The van der Waals surface area contributed by atoms with Crippen molar-refractivity contribution in [3.63, 3.8) is 0 Å². The molecule has 2 aromatic carbocycles. The normalized spacial score (nSPS) is 20.3. The maximum absolute atomic E-state index is 13.4. The molecule has 8 heteroatoms. The van der Waals surface area contributed by atoms with E-state index in [-0.39, 0.29) is 10.9 Å². The Balaban J connectivity index is 1.52. The monoisotopic (exact) mass is 496 g/mol. The Morgan fingerprint density at radius 1 is 1.17 bits per heavy atom. The predicted octanol–water partition coefficient (Wildman–Crippen LogP) is 4.86. The lowest BCUT2D eigenvalue weighted by Gasteiger charge is -2.36. The van der Waals surface area contributed by atoms with Crippen molar-refractivity contribution in [2.45, 2.75) is 57.1 Å². The van der Waals surface area contributed by atoms with E-state index < -0.39 is 21.5 Å². The molecule has 186 valence electrons. The van der Waals surface area contributed by atoms with Crippen molar-refractivity contribution in [2.75, 3.05) is 14.2 Å². The smallest absolute Gasteiger partial charge is 0.313 e. The number of esters is 1. The zero-order valence-corrected chi connectivity index (χ0v) is 21.5. The summed E-state index contributed by atoms with van der Waals surface area (Å²) < 4.78 is 39.3. The summed E-state index contributed by atoms with van der Waals surface area (Å²) in [6.07, 6.45) is 2.55. The summed E-state index contributed by atoms with van der Waals surface area (Å²) in [4.78, 5) is 17.3. The van der Waals surface area contributed by atoms with Crippen LogP contribution in [0.2, 0.25) is 0 Å². The average Bonchev–Trinajstić information content (AvgIpc) is 3.31. The molecule has 7 nitrogen and oxygen atoms in total. The van der Waals surface area contributed by atoms with Crippen LogP contribution in [0.3, 0.4) is 0 Å². The lowest BCUT2D eigenvalue weighted by atomic mass is 9.80. The topological polar surface area (TPSA) is 85.8 Å². The Labute approximate surface area is 207 Å². The van der Waals surface area contributed by atoms with Crippen LogP contribution in [-0.2, 0) is 26.2 Å².